The quantitative estimate of drug-likeness (QED) is 0.794. The molecule has 7 heteroatoms. The van der Waals surface area contributed by atoms with Crippen LogP contribution < -0.4 is 10.1 Å². The van der Waals surface area contributed by atoms with Gasteiger partial charge in [0.05, 0.1) is 22.9 Å². The van der Waals surface area contributed by atoms with Crippen molar-refractivity contribution in [3.05, 3.63) is 52.5 Å². The van der Waals surface area contributed by atoms with Crippen LogP contribution in [0, 0.1) is 0 Å². The number of alkyl halides is 3. The van der Waals surface area contributed by atoms with Crippen LogP contribution in [0.25, 0.3) is 0 Å². The molecule has 0 aliphatic rings. The Labute approximate surface area is 136 Å². The van der Waals surface area contributed by atoms with Crippen molar-refractivity contribution in [2.24, 2.45) is 0 Å². The van der Waals surface area contributed by atoms with Crippen LogP contribution in [0.3, 0.4) is 0 Å². The molecular weight excluding hydrogens is 331 g/mol. The Morgan fingerprint density at radius 3 is 2.61 bits per heavy atom. The van der Waals surface area contributed by atoms with Gasteiger partial charge in [0.2, 0.25) is 0 Å². The predicted octanol–water partition coefficient (Wildman–Crippen LogP) is 5.08. The topological polar surface area (TPSA) is 41.5 Å². The first-order valence-corrected chi connectivity index (χ1v) is 7.25. The SMILES string of the molecule is CCOc1cccc(CNc2cc(C(F)(F)F)ccc2Cl)c1O. The van der Waals surface area contributed by atoms with Crippen LogP contribution in [0.2, 0.25) is 5.02 Å². The number of anilines is 1. The normalized spacial score (nSPS) is 11.3. The monoisotopic (exact) mass is 345 g/mol. The Balaban J connectivity index is 2.20. The molecule has 0 radical (unpaired) electrons. The van der Waals surface area contributed by atoms with Crippen LogP contribution in [0.15, 0.2) is 36.4 Å². The molecule has 2 aromatic rings. The van der Waals surface area contributed by atoms with E-state index >= 15 is 0 Å². The van der Waals surface area contributed by atoms with Crippen LogP contribution in [-0.2, 0) is 12.7 Å². The Morgan fingerprint density at radius 1 is 1.22 bits per heavy atom. The number of hydrogen-bond donors (Lipinski definition) is 2. The van der Waals surface area contributed by atoms with E-state index in [0.29, 0.717) is 17.9 Å². The minimum atomic E-state index is -4.45. The number of nitrogens with one attached hydrogen (secondary N) is 1. The molecule has 0 bridgehead atoms. The van der Waals surface area contributed by atoms with E-state index in [0.717, 1.165) is 12.1 Å². The standard InChI is InChI=1S/C16H15ClF3NO2/c1-2-23-14-5-3-4-10(15(14)22)9-21-13-8-11(16(18,19)20)6-7-12(13)17/h3-8,21-22H,2,9H2,1H3. The lowest BCUT2D eigenvalue weighted by molar-refractivity contribution is -0.137. The molecule has 0 heterocycles. The number of halogens is 4. The lowest BCUT2D eigenvalue weighted by Crippen LogP contribution is -2.07. The molecule has 0 atom stereocenters. The molecule has 124 valence electrons. The van der Waals surface area contributed by atoms with Gasteiger partial charge in [0.1, 0.15) is 0 Å². The zero-order valence-electron chi connectivity index (χ0n) is 12.2. The maximum Gasteiger partial charge on any atom is 0.416 e. The number of benzene rings is 2. The second-order valence-corrected chi connectivity index (χ2v) is 5.15. The van der Waals surface area contributed by atoms with E-state index < -0.39 is 11.7 Å². The summed E-state index contributed by atoms with van der Waals surface area (Å²) in [7, 11) is 0. The molecule has 2 aromatic carbocycles. The van der Waals surface area contributed by atoms with Crippen LogP contribution in [0.5, 0.6) is 11.5 Å². The average molecular weight is 346 g/mol. The number of ether oxygens (including phenoxy) is 1. The summed E-state index contributed by atoms with van der Waals surface area (Å²) in [5.74, 6) is 0.270. The van der Waals surface area contributed by atoms with E-state index in [1.807, 2.05) is 0 Å². The van der Waals surface area contributed by atoms with Crippen LogP contribution in [0.1, 0.15) is 18.1 Å². The predicted molar refractivity (Wildman–Crippen MR) is 83.1 cm³/mol. The highest BCUT2D eigenvalue weighted by Gasteiger charge is 2.30. The van der Waals surface area contributed by atoms with E-state index in [9.17, 15) is 18.3 Å². The molecule has 0 amide bonds. The Bertz CT molecular complexity index is 690. The van der Waals surface area contributed by atoms with Gasteiger partial charge in [0.25, 0.3) is 0 Å². The molecule has 0 aromatic heterocycles. The van der Waals surface area contributed by atoms with Crippen molar-refractivity contribution in [2.45, 2.75) is 19.6 Å². The smallest absolute Gasteiger partial charge is 0.416 e. The van der Waals surface area contributed by atoms with Crippen LogP contribution in [-0.4, -0.2) is 11.7 Å². The summed E-state index contributed by atoms with van der Waals surface area (Å²) in [5, 5.41) is 13.0. The van der Waals surface area contributed by atoms with E-state index in [1.54, 1.807) is 25.1 Å². The number of para-hydroxylation sites is 1. The molecular formula is C16H15ClF3NO2. The molecule has 0 unspecified atom stereocenters. The number of rotatable bonds is 5. The second-order valence-electron chi connectivity index (χ2n) is 4.74. The third-order valence-corrected chi connectivity index (χ3v) is 3.47. The van der Waals surface area contributed by atoms with Gasteiger partial charge < -0.3 is 15.2 Å². The molecule has 0 aliphatic heterocycles. The average Bonchev–Trinajstić information content (AvgIpc) is 2.48. The van der Waals surface area contributed by atoms with Crippen LogP contribution in [0.4, 0.5) is 18.9 Å². The Hall–Kier alpha value is -2.08. The van der Waals surface area contributed by atoms with Gasteiger partial charge in [0, 0.05) is 12.1 Å². The maximum absolute atomic E-state index is 12.7. The van der Waals surface area contributed by atoms with E-state index in [-0.39, 0.29) is 23.0 Å². The van der Waals surface area contributed by atoms with Gasteiger partial charge in [-0.1, -0.05) is 23.7 Å². The summed E-state index contributed by atoms with van der Waals surface area (Å²) < 4.78 is 43.5. The lowest BCUT2D eigenvalue weighted by Gasteiger charge is -2.14. The van der Waals surface area contributed by atoms with Crippen molar-refractivity contribution >= 4 is 17.3 Å². The zero-order chi connectivity index (χ0) is 17.0. The fourth-order valence-electron chi connectivity index (χ4n) is 2.01. The van der Waals surface area contributed by atoms with E-state index in [4.69, 9.17) is 16.3 Å². The van der Waals surface area contributed by atoms with Crippen molar-refractivity contribution < 1.29 is 23.0 Å². The maximum atomic E-state index is 12.7. The van der Waals surface area contributed by atoms with Crippen molar-refractivity contribution in [3.63, 3.8) is 0 Å². The van der Waals surface area contributed by atoms with Gasteiger partial charge in [0.15, 0.2) is 11.5 Å². The van der Waals surface area contributed by atoms with Gasteiger partial charge in [-0.05, 0) is 31.2 Å². The Morgan fingerprint density at radius 2 is 1.96 bits per heavy atom. The van der Waals surface area contributed by atoms with Gasteiger partial charge in [-0.15, -0.1) is 0 Å². The fraction of sp³-hybridized carbons (Fsp3) is 0.250. The van der Waals surface area contributed by atoms with Gasteiger partial charge >= 0.3 is 6.18 Å². The van der Waals surface area contributed by atoms with Gasteiger partial charge in [-0.2, -0.15) is 13.2 Å². The Kier molecular flexibility index (Phi) is 5.26. The number of aromatic hydroxyl groups is 1. The summed E-state index contributed by atoms with van der Waals surface area (Å²) in [4.78, 5) is 0. The molecule has 2 rings (SSSR count). The highest BCUT2D eigenvalue weighted by Crippen LogP contribution is 2.35. The van der Waals surface area contributed by atoms with Gasteiger partial charge in [-0.3, -0.25) is 0 Å². The highest BCUT2D eigenvalue weighted by molar-refractivity contribution is 6.33. The molecule has 0 saturated heterocycles. The molecule has 0 saturated carbocycles. The third-order valence-electron chi connectivity index (χ3n) is 3.15. The third kappa shape index (κ3) is 4.22. The lowest BCUT2D eigenvalue weighted by atomic mass is 10.1. The molecule has 0 fully saturated rings. The van der Waals surface area contributed by atoms with Crippen LogP contribution >= 0.6 is 11.6 Å². The minimum Gasteiger partial charge on any atom is -0.504 e. The summed E-state index contributed by atoms with van der Waals surface area (Å²) in [6, 6.07) is 7.98. The van der Waals surface area contributed by atoms with Crippen molar-refractivity contribution in [1.82, 2.24) is 0 Å². The minimum absolute atomic E-state index is 0.0510. The number of phenols is 1. The first-order chi connectivity index (χ1) is 10.8. The van der Waals surface area contributed by atoms with Crippen molar-refractivity contribution in [2.75, 3.05) is 11.9 Å². The van der Waals surface area contributed by atoms with E-state index in [1.165, 1.54) is 6.07 Å². The molecule has 0 spiro atoms. The molecule has 23 heavy (non-hydrogen) atoms. The zero-order valence-corrected chi connectivity index (χ0v) is 13.0. The summed E-state index contributed by atoms with van der Waals surface area (Å²) in [6.07, 6.45) is -4.45. The van der Waals surface area contributed by atoms with Crippen molar-refractivity contribution in [3.8, 4) is 11.5 Å². The van der Waals surface area contributed by atoms with Crippen molar-refractivity contribution in [1.29, 1.82) is 0 Å². The number of phenolic OH excluding ortho intramolecular Hbond substituents is 1. The molecule has 3 nitrogen and oxygen atoms in total. The number of hydrogen-bond acceptors (Lipinski definition) is 3. The summed E-state index contributed by atoms with van der Waals surface area (Å²) >= 11 is 5.92. The first kappa shape index (κ1) is 17.3. The van der Waals surface area contributed by atoms with Gasteiger partial charge in [-0.25, -0.2) is 0 Å². The molecule has 2 N–H and O–H groups in total. The van der Waals surface area contributed by atoms with E-state index in [2.05, 4.69) is 5.32 Å². The summed E-state index contributed by atoms with van der Waals surface area (Å²) in [5.41, 5.74) is -0.163. The summed E-state index contributed by atoms with van der Waals surface area (Å²) in [6.45, 7) is 2.28. The molecule has 0 aliphatic carbocycles. The highest BCUT2D eigenvalue weighted by atomic mass is 35.5. The largest absolute Gasteiger partial charge is 0.504 e. The second kappa shape index (κ2) is 7.00. The first-order valence-electron chi connectivity index (χ1n) is 6.87. The fourth-order valence-corrected chi connectivity index (χ4v) is 2.19.